The third-order valence-electron chi connectivity index (χ3n) is 6.29. The molecule has 7 nitrogen and oxygen atoms in total. The van der Waals surface area contributed by atoms with Crippen LogP contribution in [0.2, 0.25) is 5.02 Å². The zero-order valence-electron chi connectivity index (χ0n) is 19.2. The third-order valence-corrected chi connectivity index (χ3v) is 7.50. The van der Waals surface area contributed by atoms with Gasteiger partial charge in [0, 0.05) is 60.3 Å². The van der Waals surface area contributed by atoms with Gasteiger partial charge in [-0.15, -0.1) is 0 Å². The van der Waals surface area contributed by atoms with Crippen LogP contribution in [-0.2, 0) is 6.42 Å². The molecule has 0 radical (unpaired) electrons. The molecular weight excluding hydrogens is 470 g/mol. The van der Waals surface area contributed by atoms with Crippen molar-refractivity contribution in [3.63, 3.8) is 0 Å². The van der Waals surface area contributed by atoms with Gasteiger partial charge in [0.2, 0.25) is 4.96 Å². The van der Waals surface area contributed by atoms with Gasteiger partial charge < -0.3 is 9.64 Å². The smallest absolute Gasteiger partial charge is 0.278 e. The minimum absolute atomic E-state index is 0.0733. The number of aryl methyl sites for hydroxylation is 1. The fourth-order valence-corrected chi connectivity index (χ4v) is 5.34. The van der Waals surface area contributed by atoms with Crippen LogP contribution in [0.3, 0.4) is 0 Å². The Morgan fingerprint density at radius 3 is 2.41 bits per heavy atom. The van der Waals surface area contributed by atoms with Gasteiger partial charge in [-0.25, -0.2) is 4.98 Å². The number of aromatic nitrogens is 3. The van der Waals surface area contributed by atoms with Gasteiger partial charge in [-0.2, -0.15) is 9.61 Å². The van der Waals surface area contributed by atoms with Gasteiger partial charge in [0.15, 0.2) is 0 Å². The lowest BCUT2D eigenvalue weighted by molar-refractivity contribution is 0.260. The highest BCUT2D eigenvalue weighted by molar-refractivity contribution is 7.19. The number of hydrogen-bond acceptors (Lipinski definition) is 7. The first-order chi connectivity index (χ1) is 16.5. The van der Waals surface area contributed by atoms with Gasteiger partial charge in [0.05, 0.1) is 7.11 Å². The SMILES string of the molecule is COc1ccc(N2CCN(CCc3c(C)nc4sc(-c5ccc(Cl)cc5)nn4c3=O)CC2)cc1. The lowest BCUT2D eigenvalue weighted by Gasteiger charge is -2.36. The number of benzene rings is 2. The maximum Gasteiger partial charge on any atom is 0.278 e. The zero-order chi connectivity index (χ0) is 23.7. The molecule has 0 saturated carbocycles. The lowest BCUT2D eigenvalue weighted by Crippen LogP contribution is -2.47. The predicted octanol–water partition coefficient (Wildman–Crippen LogP) is 4.15. The van der Waals surface area contributed by atoms with Crippen LogP contribution in [-0.4, -0.2) is 59.3 Å². The second kappa shape index (κ2) is 9.74. The Morgan fingerprint density at radius 2 is 1.74 bits per heavy atom. The predicted molar refractivity (Wildman–Crippen MR) is 138 cm³/mol. The Morgan fingerprint density at radius 1 is 1.03 bits per heavy atom. The van der Waals surface area contributed by atoms with Gasteiger partial charge in [-0.05, 0) is 49.7 Å². The van der Waals surface area contributed by atoms with Gasteiger partial charge in [0.25, 0.3) is 5.56 Å². The first-order valence-electron chi connectivity index (χ1n) is 11.3. The van der Waals surface area contributed by atoms with E-state index in [-0.39, 0.29) is 5.56 Å². The van der Waals surface area contributed by atoms with Crippen molar-refractivity contribution < 1.29 is 4.74 Å². The van der Waals surface area contributed by atoms with Gasteiger partial charge in [-0.1, -0.05) is 35.1 Å². The number of rotatable bonds is 6. The molecule has 2 aromatic heterocycles. The highest BCUT2D eigenvalue weighted by Gasteiger charge is 2.19. The fourth-order valence-electron chi connectivity index (χ4n) is 4.27. The molecule has 9 heteroatoms. The van der Waals surface area contributed by atoms with Crippen LogP contribution >= 0.6 is 22.9 Å². The van der Waals surface area contributed by atoms with Crippen molar-refractivity contribution in [3.05, 3.63) is 75.2 Å². The number of halogens is 1. The van der Waals surface area contributed by atoms with Gasteiger partial charge in [0.1, 0.15) is 10.8 Å². The van der Waals surface area contributed by atoms with Crippen molar-refractivity contribution in [2.24, 2.45) is 0 Å². The molecule has 0 spiro atoms. The average Bonchev–Trinajstić information content (AvgIpc) is 3.29. The second-order valence-electron chi connectivity index (χ2n) is 8.37. The second-order valence-corrected chi connectivity index (χ2v) is 9.76. The quantitative estimate of drug-likeness (QED) is 0.400. The highest BCUT2D eigenvalue weighted by atomic mass is 35.5. The molecule has 0 bridgehead atoms. The Balaban J connectivity index is 1.26. The van der Waals surface area contributed by atoms with E-state index < -0.39 is 0 Å². The Bertz CT molecular complexity index is 1340. The van der Waals surface area contributed by atoms with Crippen molar-refractivity contribution >= 4 is 33.6 Å². The van der Waals surface area contributed by atoms with E-state index in [4.69, 9.17) is 16.3 Å². The van der Waals surface area contributed by atoms with Crippen LogP contribution in [0.5, 0.6) is 5.75 Å². The van der Waals surface area contributed by atoms with E-state index >= 15 is 0 Å². The highest BCUT2D eigenvalue weighted by Crippen LogP contribution is 2.26. The van der Waals surface area contributed by atoms with E-state index in [1.54, 1.807) is 7.11 Å². The molecule has 2 aromatic carbocycles. The monoisotopic (exact) mass is 495 g/mol. The molecule has 1 saturated heterocycles. The van der Waals surface area contributed by atoms with E-state index in [1.165, 1.54) is 21.5 Å². The summed E-state index contributed by atoms with van der Waals surface area (Å²) < 4.78 is 6.70. The Labute approximate surface area is 207 Å². The molecule has 1 aliphatic heterocycles. The standard InChI is InChI=1S/C25H26ClN5O2S/c1-17-22(11-12-29-13-15-30(16-14-29)20-7-9-21(33-2)10-8-20)24(32)31-25(27-17)34-23(28-31)18-3-5-19(26)6-4-18/h3-10H,11-16H2,1-2H3. The molecule has 176 valence electrons. The topological polar surface area (TPSA) is 63.0 Å². The van der Waals surface area contributed by atoms with Gasteiger partial charge in [-0.3, -0.25) is 9.69 Å². The van der Waals surface area contributed by atoms with Crippen molar-refractivity contribution in [2.75, 3.05) is 44.7 Å². The van der Waals surface area contributed by atoms with Crippen LogP contribution in [0.1, 0.15) is 11.3 Å². The molecule has 1 fully saturated rings. The molecule has 0 aliphatic carbocycles. The molecule has 0 amide bonds. The van der Waals surface area contributed by atoms with Crippen LogP contribution in [0.15, 0.2) is 53.3 Å². The number of hydrogen-bond donors (Lipinski definition) is 0. The van der Waals surface area contributed by atoms with Crippen LogP contribution < -0.4 is 15.2 Å². The summed E-state index contributed by atoms with van der Waals surface area (Å²) in [6.45, 7) is 6.57. The number of nitrogens with zero attached hydrogens (tertiary/aromatic N) is 5. The van der Waals surface area contributed by atoms with E-state index in [9.17, 15) is 4.79 Å². The summed E-state index contributed by atoms with van der Waals surface area (Å²) in [5.74, 6) is 0.870. The number of piperazine rings is 1. The lowest BCUT2D eigenvalue weighted by atomic mass is 10.1. The number of anilines is 1. The first-order valence-corrected chi connectivity index (χ1v) is 12.5. The van der Waals surface area contributed by atoms with E-state index in [1.807, 2.05) is 43.3 Å². The van der Waals surface area contributed by atoms with E-state index in [0.29, 0.717) is 16.4 Å². The molecule has 3 heterocycles. The molecule has 4 aromatic rings. The molecule has 34 heavy (non-hydrogen) atoms. The average molecular weight is 496 g/mol. The van der Waals surface area contributed by atoms with Crippen LogP contribution in [0.4, 0.5) is 5.69 Å². The summed E-state index contributed by atoms with van der Waals surface area (Å²) in [6.07, 6.45) is 0.664. The van der Waals surface area contributed by atoms with Crippen molar-refractivity contribution in [2.45, 2.75) is 13.3 Å². The maximum atomic E-state index is 13.2. The van der Waals surface area contributed by atoms with Gasteiger partial charge >= 0.3 is 0 Å². The molecule has 0 N–H and O–H groups in total. The zero-order valence-corrected chi connectivity index (χ0v) is 20.8. The van der Waals surface area contributed by atoms with E-state index in [2.05, 4.69) is 32.0 Å². The summed E-state index contributed by atoms with van der Waals surface area (Å²) in [6, 6.07) is 15.7. The molecule has 5 rings (SSSR count). The number of fused-ring (bicyclic) bond motifs is 1. The summed E-state index contributed by atoms with van der Waals surface area (Å²) in [7, 11) is 1.68. The van der Waals surface area contributed by atoms with Crippen molar-refractivity contribution in [1.29, 1.82) is 0 Å². The largest absolute Gasteiger partial charge is 0.497 e. The summed E-state index contributed by atoms with van der Waals surface area (Å²) >= 11 is 7.41. The van der Waals surface area contributed by atoms with Crippen molar-refractivity contribution in [3.8, 4) is 16.3 Å². The molecule has 0 atom stereocenters. The van der Waals surface area contributed by atoms with Crippen LogP contribution in [0, 0.1) is 6.92 Å². The summed E-state index contributed by atoms with van der Waals surface area (Å²) in [4.78, 5) is 23.3. The first kappa shape index (κ1) is 22.8. The minimum atomic E-state index is -0.0733. The molecule has 0 unspecified atom stereocenters. The van der Waals surface area contributed by atoms with Crippen molar-refractivity contribution in [1.82, 2.24) is 19.5 Å². The fraction of sp³-hybridized carbons (Fsp3) is 0.320. The third kappa shape index (κ3) is 4.66. The minimum Gasteiger partial charge on any atom is -0.497 e. The number of methoxy groups -OCH3 is 1. The van der Waals surface area contributed by atoms with Crippen LogP contribution in [0.25, 0.3) is 15.5 Å². The summed E-state index contributed by atoms with van der Waals surface area (Å²) in [5.41, 5.74) is 3.59. The maximum absolute atomic E-state index is 13.2. The van der Waals surface area contributed by atoms with E-state index in [0.717, 1.165) is 60.3 Å². The number of ether oxygens (including phenoxy) is 1. The Hall–Kier alpha value is -2.94. The normalized spacial score (nSPS) is 14.6. The Kier molecular flexibility index (Phi) is 6.54. The molecular formula is C25H26ClN5O2S. The summed E-state index contributed by atoms with van der Waals surface area (Å²) in [5, 5.41) is 5.98. The molecule has 1 aliphatic rings.